The van der Waals surface area contributed by atoms with Crippen molar-refractivity contribution in [2.24, 2.45) is 0 Å². The predicted molar refractivity (Wildman–Crippen MR) is 94.7 cm³/mol. The summed E-state index contributed by atoms with van der Waals surface area (Å²) in [5.41, 5.74) is 2.98. The normalized spacial score (nSPS) is 10.7. The first kappa shape index (κ1) is 15.7. The maximum atomic E-state index is 5.86. The van der Waals surface area contributed by atoms with Gasteiger partial charge in [-0.25, -0.2) is 9.97 Å². The minimum absolute atomic E-state index is 0.507. The molecule has 1 aromatic heterocycles. The highest BCUT2D eigenvalue weighted by Crippen LogP contribution is 2.29. The summed E-state index contributed by atoms with van der Waals surface area (Å²) in [5.74, 6) is 1.43. The zero-order valence-corrected chi connectivity index (χ0v) is 13.4. The van der Waals surface area contributed by atoms with Crippen LogP contribution in [0.2, 0.25) is 0 Å². The molecule has 0 fully saturated rings. The lowest BCUT2D eigenvalue weighted by Gasteiger charge is -2.11. The van der Waals surface area contributed by atoms with Gasteiger partial charge in [0.15, 0.2) is 11.5 Å². The molecule has 24 heavy (non-hydrogen) atoms. The summed E-state index contributed by atoms with van der Waals surface area (Å²) in [5, 5.41) is 0. The Balaban J connectivity index is 1.72. The van der Waals surface area contributed by atoms with E-state index in [-0.39, 0.29) is 0 Å². The standard InChI is InChI=1S/C20H18N2O2/c1-23-20-13-16(7-9-18-11-12-21-15-22-18)8-10-19(20)24-14-17-5-3-2-4-6-17/h2-13,15H,14H2,1H3/b9-7+. The number of ether oxygens (including phenoxy) is 2. The van der Waals surface area contributed by atoms with E-state index in [4.69, 9.17) is 9.47 Å². The largest absolute Gasteiger partial charge is 0.493 e. The van der Waals surface area contributed by atoms with Crippen molar-refractivity contribution in [3.8, 4) is 11.5 Å². The summed E-state index contributed by atoms with van der Waals surface area (Å²) in [6.45, 7) is 0.507. The number of aromatic nitrogens is 2. The van der Waals surface area contributed by atoms with E-state index in [2.05, 4.69) is 9.97 Å². The lowest BCUT2D eigenvalue weighted by molar-refractivity contribution is 0.284. The molecule has 0 amide bonds. The molecule has 3 aromatic rings. The average Bonchev–Trinajstić information content (AvgIpc) is 2.66. The first-order valence-electron chi connectivity index (χ1n) is 7.64. The Hall–Kier alpha value is -3.14. The molecule has 0 bridgehead atoms. The van der Waals surface area contributed by atoms with Crippen molar-refractivity contribution in [2.75, 3.05) is 7.11 Å². The van der Waals surface area contributed by atoms with Crippen LogP contribution in [0.15, 0.2) is 67.1 Å². The smallest absolute Gasteiger partial charge is 0.161 e. The number of methoxy groups -OCH3 is 1. The topological polar surface area (TPSA) is 44.2 Å². The van der Waals surface area contributed by atoms with Gasteiger partial charge in [0.2, 0.25) is 0 Å². The van der Waals surface area contributed by atoms with Gasteiger partial charge in [0.05, 0.1) is 12.8 Å². The van der Waals surface area contributed by atoms with Crippen molar-refractivity contribution in [3.05, 3.63) is 83.9 Å². The number of rotatable bonds is 6. The van der Waals surface area contributed by atoms with E-state index in [9.17, 15) is 0 Å². The van der Waals surface area contributed by atoms with Gasteiger partial charge in [-0.1, -0.05) is 42.5 Å². The molecule has 0 aliphatic rings. The van der Waals surface area contributed by atoms with Gasteiger partial charge in [-0.2, -0.15) is 0 Å². The van der Waals surface area contributed by atoms with Crippen LogP contribution in [0.5, 0.6) is 11.5 Å². The van der Waals surface area contributed by atoms with E-state index >= 15 is 0 Å². The zero-order valence-electron chi connectivity index (χ0n) is 13.4. The van der Waals surface area contributed by atoms with Gasteiger partial charge in [0, 0.05) is 6.20 Å². The fourth-order valence-electron chi connectivity index (χ4n) is 2.22. The molecule has 0 unspecified atom stereocenters. The lowest BCUT2D eigenvalue weighted by Crippen LogP contribution is -1.97. The summed E-state index contributed by atoms with van der Waals surface area (Å²) < 4.78 is 11.3. The van der Waals surface area contributed by atoms with Gasteiger partial charge in [0.1, 0.15) is 12.9 Å². The van der Waals surface area contributed by atoms with E-state index in [0.717, 1.165) is 22.6 Å². The quantitative estimate of drug-likeness (QED) is 0.682. The zero-order chi connectivity index (χ0) is 16.6. The fourth-order valence-corrected chi connectivity index (χ4v) is 2.22. The van der Waals surface area contributed by atoms with Crippen LogP contribution in [0.4, 0.5) is 0 Å². The minimum Gasteiger partial charge on any atom is -0.493 e. The fraction of sp³-hybridized carbons (Fsp3) is 0.100. The molecule has 1 heterocycles. The first-order valence-corrected chi connectivity index (χ1v) is 7.64. The third-order valence-corrected chi connectivity index (χ3v) is 3.48. The highest BCUT2D eigenvalue weighted by Gasteiger charge is 2.05. The Morgan fingerprint density at radius 3 is 2.58 bits per heavy atom. The van der Waals surface area contributed by atoms with Crippen molar-refractivity contribution < 1.29 is 9.47 Å². The van der Waals surface area contributed by atoms with Crippen molar-refractivity contribution in [1.29, 1.82) is 0 Å². The van der Waals surface area contributed by atoms with Gasteiger partial charge in [-0.15, -0.1) is 0 Å². The van der Waals surface area contributed by atoms with Crippen molar-refractivity contribution in [3.63, 3.8) is 0 Å². The summed E-state index contributed by atoms with van der Waals surface area (Å²) in [6.07, 6.45) is 7.15. The Morgan fingerprint density at radius 2 is 1.83 bits per heavy atom. The maximum Gasteiger partial charge on any atom is 0.161 e. The molecule has 0 saturated carbocycles. The Kier molecular flexibility index (Phi) is 5.20. The van der Waals surface area contributed by atoms with Crippen LogP contribution < -0.4 is 9.47 Å². The van der Waals surface area contributed by atoms with Crippen LogP contribution in [0.1, 0.15) is 16.8 Å². The SMILES string of the molecule is COc1cc(/C=C/c2ccncn2)ccc1OCc1ccccc1. The minimum atomic E-state index is 0.507. The number of benzene rings is 2. The summed E-state index contributed by atoms with van der Waals surface area (Å²) in [7, 11) is 1.64. The maximum absolute atomic E-state index is 5.86. The summed E-state index contributed by atoms with van der Waals surface area (Å²) in [6, 6.07) is 17.7. The lowest BCUT2D eigenvalue weighted by atomic mass is 10.1. The molecule has 4 heteroatoms. The molecule has 120 valence electrons. The molecule has 0 radical (unpaired) electrons. The molecule has 0 saturated heterocycles. The second-order valence-electron chi connectivity index (χ2n) is 5.15. The van der Waals surface area contributed by atoms with E-state index in [1.165, 1.54) is 6.33 Å². The highest BCUT2D eigenvalue weighted by molar-refractivity contribution is 5.69. The molecule has 3 rings (SSSR count). The molecule has 0 atom stereocenters. The van der Waals surface area contributed by atoms with Gasteiger partial charge in [-0.3, -0.25) is 0 Å². The first-order chi connectivity index (χ1) is 11.8. The second kappa shape index (κ2) is 7.92. The number of hydrogen-bond donors (Lipinski definition) is 0. The molecule has 2 aromatic carbocycles. The van der Waals surface area contributed by atoms with E-state index in [1.54, 1.807) is 13.3 Å². The Morgan fingerprint density at radius 1 is 0.958 bits per heavy atom. The molecule has 4 nitrogen and oxygen atoms in total. The van der Waals surface area contributed by atoms with Gasteiger partial charge in [-0.05, 0) is 35.4 Å². The summed E-state index contributed by atoms with van der Waals surface area (Å²) >= 11 is 0. The van der Waals surface area contributed by atoms with Crippen LogP contribution in [-0.4, -0.2) is 17.1 Å². The monoisotopic (exact) mass is 318 g/mol. The molecule has 0 spiro atoms. The molecular formula is C20H18N2O2. The van der Waals surface area contributed by atoms with Gasteiger partial charge in [0.25, 0.3) is 0 Å². The van der Waals surface area contributed by atoms with Crippen molar-refractivity contribution in [1.82, 2.24) is 9.97 Å². The van der Waals surface area contributed by atoms with E-state index in [1.807, 2.05) is 66.7 Å². The third-order valence-electron chi connectivity index (χ3n) is 3.48. The van der Waals surface area contributed by atoms with Gasteiger partial charge < -0.3 is 9.47 Å². The molecule has 0 aliphatic carbocycles. The van der Waals surface area contributed by atoms with Crippen molar-refractivity contribution in [2.45, 2.75) is 6.61 Å². The Labute approximate surface area is 141 Å². The van der Waals surface area contributed by atoms with Crippen LogP contribution in [-0.2, 0) is 6.61 Å². The van der Waals surface area contributed by atoms with E-state index in [0.29, 0.717) is 12.4 Å². The number of hydrogen-bond acceptors (Lipinski definition) is 4. The van der Waals surface area contributed by atoms with Crippen LogP contribution in [0.3, 0.4) is 0 Å². The second-order valence-corrected chi connectivity index (χ2v) is 5.15. The summed E-state index contributed by atoms with van der Waals surface area (Å²) in [4.78, 5) is 8.07. The van der Waals surface area contributed by atoms with Gasteiger partial charge >= 0.3 is 0 Å². The Bertz CT molecular complexity index is 802. The van der Waals surface area contributed by atoms with Crippen LogP contribution in [0.25, 0.3) is 12.2 Å². The average molecular weight is 318 g/mol. The van der Waals surface area contributed by atoms with Crippen LogP contribution in [0, 0.1) is 0 Å². The predicted octanol–water partition coefficient (Wildman–Crippen LogP) is 4.23. The third kappa shape index (κ3) is 4.20. The number of nitrogens with zero attached hydrogens (tertiary/aromatic N) is 2. The van der Waals surface area contributed by atoms with E-state index < -0.39 is 0 Å². The molecule has 0 aliphatic heterocycles. The van der Waals surface area contributed by atoms with Crippen molar-refractivity contribution >= 4 is 12.2 Å². The molecular weight excluding hydrogens is 300 g/mol. The highest BCUT2D eigenvalue weighted by atomic mass is 16.5. The van der Waals surface area contributed by atoms with Crippen LogP contribution >= 0.6 is 0 Å². The molecule has 0 N–H and O–H groups in total.